The lowest BCUT2D eigenvalue weighted by Crippen LogP contribution is -2.55. The van der Waals surface area contributed by atoms with Crippen molar-refractivity contribution >= 4 is 35.2 Å². The summed E-state index contributed by atoms with van der Waals surface area (Å²) in [5.41, 5.74) is 2.61. The van der Waals surface area contributed by atoms with E-state index in [0.717, 1.165) is 11.1 Å². The number of carbonyl (C=O) groups excluding carboxylic acids is 2. The molecule has 2 aliphatic rings. The molecule has 4 rings (SSSR count). The van der Waals surface area contributed by atoms with E-state index in [1.807, 2.05) is 43.9 Å². The van der Waals surface area contributed by atoms with Crippen molar-refractivity contribution in [3.05, 3.63) is 83.1 Å². The van der Waals surface area contributed by atoms with Gasteiger partial charge in [-0.15, -0.1) is 0 Å². The van der Waals surface area contributed by atoms with Crippen molar-refractivity contribution in [1.29, 1.82) is 0 Å². The SMILES string of the molecule is C=CC(=O)N1CCN(/C(=N/C)c2cc(F)c(C3=CCCC=C3F)nc2N(C=O)c2c(C)cccc2CC)C(C)C1. The first-order valence-corrected chi connectivity index (χ1v) is 13.5. The maximum Gasteiger partial charge on any atom is 0.246 e. The van der Waals surface area contributed by atoms with E-state index in [1.165, 1.54) is 23.1 Å². The topological polar surface area (TPSA) is 69.1 Å². The number of aromatic nitrogens is 1. The van der Waals surface area contributed by atoms with Crippen LogP contribution in [0.15, 0.2) is 59.9 Å². The molecule has 2 amide bonds. The van der Waals surface area contributed by atoms with Gasteiger partial charge in [-0.3, -0.25) is 19.5 Å². The van der Waals surface area contributed by atoms with E-state index in [9.17, 15) is 14.0 Å². The molecule has 0 spiro atoms. The zero-order valence-electron chi connectivity index (χ0n) is 23.5. The zero-order chi connectivity index (χ0) is 29.0. The number of aryl methyl sites for hydroxylation is 2. The molecule has 1 atom stereocenters. The monoisotopic (exact) mass is 547 g/mol. The number of para-hydroxylation sites is 1. The fourth-order valence-electron chi connectivity index (χ4n) is 5.43. The number of allylic oxidation sites excluding steroid dienone is 4. The summed E-state index contributed by atoms with van der Waals surface area (Å²) >= 11 is 0. The smallest absolute Gasteiger partial charge is 0.246 e. The van der Waals surface area contributed by atoms with Gasteiger partial charge in [0.25, 0.3) is 0 Å². The van der Waals surface area contributed by atoms with Gasteiger partial charge in [0.2, 0.25) is 12.3 Å². The van der Waals surface area contributed by atoms with Crippen molar-refractivity contribution < 1.29 is 18.4 Å². The Morgan fingerprint density at radius 3 is 2.62 bits per heavy atom. The molecule has 7 nitrogen and oxygen atoms in total. The highest BCUT2D eigenvalue weighted by molar-refractivity contribution is 6.07. The number of nitrogens with zero attached hydrogens (tertiary/aromatic N) is 5. The minimum atomic E-state index is -0.712. The number of aliphatic imine (C=N–C) groups is 1. The Labute approximate surface area is 234 Å². The van der Waals surface area contributed by atoms with Gasteiger partial charge in [-0.1, -0.05) is 37.8 Å². The summed E-state index contributed by atoms with van der Waals surface area (Å²) in [6.45, 7) is 10.7. The van der Waals surface area contributed by atoms with E-state index >= 15 is 4.39 Å². The summed E-state index contributed by atoms with van der Waals surface area (Å²) in [7, 11) is 1.60. The van der Waals surface area contributed by atoms with Crippen molar-refractivity contribution in [3.8, 4) is 0 Å². The van der Waals surface area contributed by atoms with Crippen molar-refractivity contribution in [1.82, 2.24) is 14.8 Å². The van der Waals surface area contributed by atoms with E-state index in [0.29, 0.717) is 62.4 Å². The van der Waals surface area contributed by atoms with Crippen molar-refractivity contribution in [3.63, 3.8) is 0 Å². The average molecular weight is 548 g/mol. The van der Waals surface area contributed by atoms with Crippen LogP contribution in [0.1, 0.15) is 49.1 Å². The molecule has 1 aromatic heterocycles. The van der Waals surface area contributed by atoms with Gasteiger partial charge in [0.1, 0.15) is 23.2 Å². The fourth-order valence-corrected chi connectivity index (χ4v) is 5.43. The number of hydrogen-bond donors (Lipinski definition) is 0. The van der Waals surface area contributed by atoms with Crippen LogP contribution in [0.2, 0.25) is 0 Å². The summed E-state index contributed by atoms with van der Waals surface area (Å²) < 4.78 is 30.7. The molecule has 1 unspecified atom stereocenters. The number of benzene rings is 1. The molecule has 1 aliphatic carbocycles. The molecule has 2 heterocycles. The molecule has 1 saturated heterocycles. The minimum absolute atomic E-state index is 0.0720. The van der Waals surface area contributed by atoms with Crippen molar-refractivity contribution in [2.24, 2.45) is 4.99 Å². The fraction of sp³-hybridized carbons (Fsp3) is 0.355. The highest BCUT2D eigenvalue weighted by Crippen LogP contribution is 2.37. The lowest BCUT2D eigenvalue weighted by Gasteiger charge is -2.41. The first kappa shape index (κ1) is 28.9. The van der Waals surface area contributed by atoms with Gasteiger partial charge in [0.15, 0.2) is 5.82 Å². The predicted octanol–water partition coefficient (Wildman–Crippen LogP) is 5.51. The van der Waals surface area contributed by atoms with Crippen molar-refractivity contribution in [2.45, 2.75) is 46.1 Å². The molecule has 2 aromatic rings. The van der Waals surface area contributed by atoms with Gasteiger partial charge in [0, 0.05) is 38.3 Å². The highest BCUT2D eigenvalue weighted by Gasteiger charge is 2.32. The molecule has 9 heteroatoms. The average Bonchev–Trinajstić information content (AvgIpc) is 2.96. The van der Waals surface area contributed by atoms with Crippen LogP contribution in [0.3, 0.4) is 0 Å². The molecule has 1 aliphatic heterocycles. The predicted molar refractivity (Wildman–Crippen MR) is 155 cm³/mol. The first-order chi connectivity index (χ1) is 19.2. The maximum absolute atomic E-state index is 15.8. The quantitative estimate of drug-likeness (QED) is 0.198. The molecule has 40 heavy (non-hydrogen) atoms. The number of halogens is 2. The second-order valence-corrected chi connectivity index (χ2v) is 9.93. The lowest BCUT2D eigenvalue weighted by molar-refractivity contribution is -0.128. The standard InChI is InChI=1S/C31H35F2N5O2/c1-6-22-12-10-11-20(3)29(22)38(19-39)31-24(17-26(33)28(35-31)23-13-8-9-14-25(23)32)30(34-5)37-16-15-36(18-21(37)4)27(40)7-2/h7,10-14,17,19,21H,2,6,8-9,15-16,18H2,1,3-5H3/b34-30+. The Kier molecular flexibility index (Phi) is 8.92. The van der Waals surface area contributed by atoms with Crippen LogP contribution in [0.4, 0.5) is 20.3 Å². The number of amides is 2. The Hall–Kier alpha value is -4.14. The molecular weight excluding hydrogens is 512 g/mol. The Morgan fingerprint density at radius 2 is 2.00 bits per heavy atom. The third-order valence-electron chi connectivity index (χ3n) is 7.42. The molecule has 210 valence electrons. The largest absolute Gasteiger partial charge is 0.350 e. The van der Waals surface area contributed by atoms with E-state index in [-0.39, 0.29) is 29.0 Å². The summed E-state index contributed by atoms with van der Waals surface area (Å²) in [6.07, 6.45) is 6.73. The molecule has 0 radical (unpaired) electrons. The van der Waals surface area contributed by atoms with Crippen LogP contribution < -0.4 is 4.90 Å². The zero-order valence-corrected chi connectivity index (χ0v) is 23.5. The first-order valence-electron chi connectivity index (χ1n) is 13.5. The summed E-state index contributed by atoms with van der Waals surface area (Å²) in [4.78, 5) is 39.3. The Morgan fingerprint density at radius 1 is 1.25 bits per heavy atom. The minimum Gasteiger partial charge on any atom is -0.350 e. The normalized spacial score (nSPS) is 17.8. The Balaban J connectivity index is 1.91. The van der Waals surface area contributed by atoms with E-state index < -0.39 is 11.6 Å². The van der Waals surface area contributed by atoms with Gasteiger partial charge >= 0.3 is 0 Å². The van der Waals surface area contributed by atoms with E-state index in [2.05, 4.69) is 16.6 Å². The maximum atomic E-state index is 15.8. The number of carbonyl (C=O) groups is 2. The number of hydrogen-bond acceptors (Lipinski definition) is 4. The second-order valence-electron chi connectivity index (χ2n) is 9.93. The number of piperazine rings is 1. The van der Waals surface area contributed by atoms with E-state index in [1.54, 1.807) is 18.0 Å². The number of anilines is 2. The molecule has 0 N–H and O–H groups in total. The summed E-state index contributed by atoms with van der Waals surface area (Å²) in [5, 5.41) is 0. The summed E-state index contributed by atoms with van der Waals surface area (Å²) in [6, 6.07) is 6.87. The molecule has 1 aromatic carbocycles. The van der Waals surface area contributed by atoms with E-state index in [4.69, 9.17) is 0 Å². The van der Waals surface area contributed by atoms with Gasteiger partial charge in [0.05, 0.1) is 11.3 Å². The van der Waals surface area contributed by atoms with Crippen LogP contribution in [-0.2, 0) is 16.0 Å². The lowest BCUT2D eigenvalue weighted by atomic mass is 10.00. The number of amidine groups is 1. The molecular formula is C31H35F2N5O2. The van der Waals surface area contributed by atoms with Crippen LogP contribution in [0.25, 0.3) is 5.57 Å². The molecule has 1 fully saturated rings. The number of rotatable bonds is 7. The van der Waals surface area contributed by atoms with Gasteiger partial charge in [-0.2, -0.15) is 0 Å². The second kappa shape index (κ2) is 12.4. The third kappa shape index (κ3) is 5.46. The highest BCUT2D eigenvalue weighted by atomic mass is 19.1. The number of pyridine rings is 1. The van der Waals surface area contributed by atoms with Crippen LogP contribution >= 0.6 is 0 Å². The van der Waals surface area contributed by atoms with Gasteiger partial charge < -0.3 is 9.80 Å². The summed E-state index contributed by atoms with van der Waals surface area (Å²) in [5.74, 6) is -0.824. The molecule has 0 saturated carbocycles. The van der Waals surface area contributed by atoms with Crippen LogP contribution in [0, 0.1) is 12.7 Å². The third-order valence-corrected chi connectivity index (χ3v) is 7.42. The van der Waals surface area contributed by atoms with Crippen LogP contribution in [0.5, 0.6) is 0 Å². The van der Waals surface area contributed by atoms with Gasteiger partial charge in [-0.25, -0.2) is 13.8 Å². The molecule has 0 bridgehead atoms. The van der Waals surface area contributed by atoms with Crippen LogP contribution in [-0.4, -0.2) is 65.7 Å². The Bertz CT molecular complexity index is 1410. The van der Waals surface area contributed by atoms with Gasteiger partial charge in [-0.05, 0) is 62.5 Å². The van der Waals surface area contributed by atoms with Crippen molar-refractivity contribution in [2.75, 3.05) is 31.6 Å².